The van der Waals surface area contributed by atoms with E-state index in [1.54, 1.807) is 0 Å². The van der Waals surface area contributed by atoms with Crippen molar-refractivity contribution in [2.24, 2.45) is 0 Å². The Bertz CT molecular complexity index is 696. The zero-order valence-corrected chi connectivity index (χ0v) is 13.5. The Morgan fingerprint density at radius 1 is 1.46 bits per heavy atom. The second-order valence-electron chi connectivity index (χ2n) is 5.16. The van der Waals surface area contributed by atoms with Crippen LogP contribution < -0.4 is 10.2 Å². The number of hydrogen-bond acceptors (Lipinski definition) is 5. The van der Waals surface area contributed by atoms with Crippen LogP contribution in [0.3, 0.4) is 0 Å². The van der Waals surface area contributed by atoms with E-state index >= 15 is 0 Å². The average molecular weight is 354 g/mol. The summed E-state index contributed by atoms with van der Waals surface area (Å²) < 4.78 is 13.3. The Kier molecular flexibility index (Phi) is 5.55. The van der Waals surface area contributed by atoms with Crippen molar-refractivity contribution in [3.8, 4) is 0 Å². The first-order valence-electron chi connectivity index (χ1n) is 7.03. The number of aliphatic carboxylic acids is 1. The third-order valence-corrected chi connectivity index (χ3v) is 4.61. The van der Waals surface area contributed by atoms with Crippen LogP contribution in [0, 0.1) is 5.82 Å². The van der Waals surface area contributed by atoms with Crippen LogP contribution in [0.5, 0.6) is 0 Å². The van der Waals surface area contributed by atoms with E-state index in [0.29, 0.717) is 0 Å². The number of nitrogens with one attached hydrogen (secondary N) is 1. The Labute approximate surface area is 141 Å². The van der Waals surface area contributed by atoms with E-state index in [1.165, 1.54) is 25.1 Å². The molecule has 2 N–H and O–H groups in total. The molecule has 2 atom stereocenters. The topological polar surface area (TPSA) is 104 Å². The van der Waals surface area contributed by atoms with Crippen molar-refractivity contribution in [3.05, 3.63) is 30.1 Å². The molecule has 1 heterocycles. The van der Waals surface area contributed by atoms with Gasteiger partial charge in [0.2, 0.25) is 17.7 Å². The minimum Gasteiger partial charge on any atom is -0.480 e. The Morgan fingerprint density at radius 2 is 2.17 bits per heavy atom. The quantitative estimate of drug-likeness (QED) is 0.732. The molecule has 7 nitrogen and oxygen atoms in total. The minimum absolute atomic E-state index is 0.0599. The van der Waals surface area contributed by atoms with Crippen molar-refractivity contribution < 1.29 is 28.7 Å². The third-order valence-electron chi connectivity index (χ3n) is 3.31. The summed E-state index contributed by atoms with van der Waals surface area (Å²) in [6, 6.07) is 3.97. The Balaban J connectivity index is 2.06. The van der Waals surface area contributed by atoms with E-state index < -0.39 is 40.8 Å². The molecule has 1 fully saturated rings. The van der Waals surface area contributed by atoms with Crippen molar-refractivity contribution >= 4 is 41.1 Å². The molecule has 3 amide bonds. The highest BCUT2D eigenvalue weighted by Gasteiger charge is 2.40. The molecule has 2 rings (SSSR count). The summed E-state index contributed by atoms with van der Waals surface area (Å²) in [5.74, 6) is -3.36. The van der Waals surface area contributed by atoms with Crippen LogP contribution in [0.4, 0.5) is 10.1 Å². The normalized spacial score (nSPS) is 18.6. The van der Waals surface area contributed by atoms with Gasteiger partial charge in [0.25, 0.3) is 0 Å². The number of carbonyl (C=O) groups excluding carboxylic acids is 3. The molecule has 1 aromatic carbocycles. The van der Waals surface area contributed by atoms with Gasteiger partial charge in [0, 0.05) is 19.1 Å². The molecule has 0 saturated carbocycles. The summed E-state index contributed by atoms with van der Waals surface area (Å²) in [7, 11) is 0. The number of thioether (sulfide) groups is 1. The summed E-state index contributed by atoms with van der Waals surface area (Å²) in [5.41, 5.74) is 0.143. The van der Waals surface area contributed by atoms with E-state index in [2.05, 4.69) is 5.32 Å². The summed E-state index contributed by atoms with van der Waals surface area (Å²) in [5, 5.41) is 10.5. The first kappa shape index (κ1) is 17.9. The number of amides is 3. The smallest absolute Gasteiger partial charge is 0.327 e. The van der Waals surface area contributed by atoms with Gasteiger partial charge in [-0.3, -0.25) is 14.4 Å². The predicted octanol–water partition coefficient (Wildman–Crippen LogP) is 0.780. The van der Waals surface area contributed by atoms with Gasteiger partial charge >= 0.3 is 5.97 Å². The maximum absolute atomic E-state index is 13.3. The lowest BCUT2D eigenvalue weighted by atomic mass is 10.3. The highest BCUT2D eigenvalue weighted by Crippen LogP contribution is 2.30. The molecule has 0 spiro atoms. The average Bonchev–Trinajstić information content (AvgIpc) is 2.77. The largest absolute Gasteiger partial charge is 0.480 e. The monoisotopic (exact) mass is 354 g/mol. The van der Waals surface area contributed by atoms with Crippen LogP contribution in [0.2, 0.25) is 0 Å². The van der Waals surface area contributed by atoms with Crippen molar-refractivity contribution in [1.29, 1.82) is 0 Å². The van der Waals surface area contributed by atoms with Gasteiger partial charge in [-0.2, -0.15) is 0 Å². The Morgan fingerprint density at radius 3 is 2.75 bits per heavy atom. The van der Waals surface area contributed by atoms with Crippen LogP contribution in [0.25, 0.3) is 0 Å². The molecule has 1 aliphatic rings. The number of rotatable bonds is 6. The molecule has 0 bridgehead atoms. The zero-order chi connectivity index (χ0) is 17.9. The molecular formula is C15H15FN2O5S. The summed E-state index contributed by atoms with van der Waals surface area (Å²) in [4.78, 5) is 47.4. The molecular weight excluding hydrogens is 339 g/mol. The van der Waals surface area contributed by atoms with Crippen LogP contribution in [-0.2, 0) is 19.2 Å². The number of carboxylic acid groups (broad SMARTS) is 1. The van der Waals surface area contributed by atoms with Gasteiger partial charge in [0.15, 0.2) is 0 Å². The van der Waals surface area contributed by atoms with E-state index in [4.69, 9.17) is 5.11 Å². The molecule has 128 valence electrons. The first-order chi connectivity index (χ1) is 11.3. The molecule has 0 aliphatic carbocycles. The van der Waals surface area contributed by atoms with Crippen LogP contribution in [-0.4, -0.2) is 45.8 Å². The fraction of sp³-hybridized carbons (Fsp3) is 0.333. The predicted molar refractivity (Wildman–Crippen MR) is 85.0 cm³/mol. The minimum atomic E-state index is -1.23. The molecule has 2 unspecified atom stereocenters. The molecule has 0 radical (unpaired) electrons. The lowest BCUT2D eigenvalue weighted by Crippen LogP contribution is -2.42. The Hall–Kier alpha value is -2.42. The second kappa shape index (κ2) is 7.43. The fourth-order valence-corrected chi connectivity index (χ4v) is 3.41. The maximum atomic E-state index is 13.3. The highest BCUT2D eigenvalue weighted by molar-refractivity contribution is 8.00. The number of halogens is 1. The molecule has 1 saturated heterocycles. The number of benzene rings is 1. The van der Waals surface area contributed by atoms with Gasteiger partial charge in [0.1, 0.15) is 11.9 Å². The summed E-state index contributed by atoms with van der Waals surface area (Å²) in [6.07, 6.45) is -0.105. The van der Waals surface area contributed by atoms with Crippen molar-refractivity contribution in [2.45, 2.75) is 24.6 Å². The zero-order valence-electron chi connectivity index (χ0n) is 12.7. The number of carboxylic acids is 1. The lowest BCUT2D eigenvalue weighted by Gasteiger charge is -2.16. The summed E-state index contributed by atoms with van der Waals surface area (Å²) >= 11 is 0.976. The van der Waals surface area contributed by atoms with Crippen LogP contribution in [0.1, 0.15) is 13.3 Å². The van der Waals surface area contributed by atoms with Crippen LogP contribution in [0.15, 0.2) is 24.3 Å². The number of anilines is 1. The van der Waals surface area contributed by atoms with Crippen molar-refractivity contribution in [1.82, 2.24) is 5.32 Å². The van der Waals surface area contributed by atoms with Crippen molar-refractivity contribution in [2.75, 3.05) is 10.7 Å². The molecule has 1 aliphatic heterocycles. The number of hydrogen-bond donors (Lipinski definition) is 2. The second-order valence-corrected chi connectivity index (χ2v) is 6.40. The van der Waals surface area contributed by atoms with E-state index in [9.17, 15) is 23.6 Å². The van der Waals surface area contributed by atoms with E-state index in [-0.39, 0.29) is 17.9 Å². The van der Waals surface area contributed by atoms with Gasteiger partial charge < -0.3 is 10.4 Å². The summed E-state index contributed by atoms with van der Waals surface area (Å²) in [6.45, 7) is 1.19. The van der Waals surface area contributed by atoms with Gasteiger partial charge in [-0.15, -0.1) is 11.8 Å². The molecule has 24 heavy (non-hydrogen) atoms. The van der Waals surface area contributed by atoms with Crippen LogP contribution >= 0.6 is 11.8 Å². The fourth-order valence-electron chi connectivity index (χ4n) is 2.25. The molecule has 0 aromatic heterocycles. The third kappa shape index (κ3) is 4.10. The number of carbonyl (C=O) groups is 4. The van der Waals surface area contributed by atoms with E-state index in [0.717, 1.165) is 22.7 Å². The van der Waals surface area contributed by atoms with Gasteiger partial charge in [-0.25, -0.2) is 14.1 Å². The first-order valence-corrected chi connectivity index (χ1v) is 8.08. The van der Waals surface area contributed by atoms with E-state index in [1.807, 2.05) is 0 Å². The number of nitrogens with zero attached hydrogens (tertiary/aromatic N) is 1. The SMILES string of the molecule is CC(=O)NC(CSC1CC(=O)N(c2cccc(F)c2)C1=O)C(=O)O. The highest BCUT2D eigenvalue weighted by atomic mass is 32.2. The molecule has 9 heteroatoms. The standard InChI is InChI=1S/C15H15FN2O5S/c1-8(19)17-11(15(22)23)7-24-12-6-13(20)18(14(12)21)10-4-2-3-9(16)5-10/h2-5,11-12H,6-7H2,1H3,(H,17,19)(H,22,23). The molecule has 1 aromatic rings. The van der Waals surface area contributed by atoms with Crippen molar-refractivity contribution in [3.63, 3.8) is 0 Å². The maximum Gasteiger partial charge on any atom is 0.327 e. The lowest BCUT2D eigenvalue weighted by molar-refractivity contribution is -0.140. The van der Waals surface area contributed by atoms with Gasteiger partial charge in [-0.1, -0.05) is 6.07 Å². The van der Waals surface area contributed by atoms with Gasteiger partial charge in [-0.05, 0) is 18.2 Å². The number of imide groups is 1. The van der Waals surface area contributed by atoms with Gasteiger partial charge in [0.05, 0.1) is 10.9 Å².